The van der Waals surface area contributed by atoms with Gasteiger partial charge < -0.3 is 21.2 Å². The molecular weight excluding hydrogens is 222 g/mol. The first-order valence-electron chi connectivity index (χ1n) is 3.37. The molecule has 0 aromatic heterocycles. The second kappa shape index (κ2) is 9.41. The highest BCUT2D eigenvalue weighted by atomic mass is 32.2. The molecule has 88 valence electrons. The van der Waals surface area contributed by atoms with Crippen LogP contribution in [-0.2, 0) is 0 Å². The number of ether oxygens (including phenoxy) is 1. The number of hydrogen-bond donors (Lipinski definition) is 0. The lowest BCUT2D eigenvalue weighted by molar-refractivity contribution is 0.405. The van der Waals surface area contributed by atoms with Crippen molar-refractivity contribution in [1.82, 2.24) is 0 Å². The summed E-state index contributed by atoms with van der Waals surface area (Å²) in [6, 6.07) is 5.07. The smallest absolute Gasteiger partial charge is 0.132 e. The summed E-state index contributed by atoms with van der Waals surface area (Å²) in [5.41, 5.74) is 0.431. The summed E-state index contributed by atoms with van der Waals surface area (Å²) in [4.78, 5) is 11.1. The summed E-state index contributed by atoms with van der Waals surface area (Å²) in [5, 5.41) is 2.84. The second-order valence-corrected chi connectivity index (χ2v) is 2.98. The predicted octanol–water partition coefficient (Wildman–Crippen LogP) is 0.341. The Hall–Kier alpha value is -1.15. The molecule has 0 unspecified atom stereocenters. The largest absolute Gasteiger partial charge is 0.496 e. The Morgan fingerprint density at radius 1 is 1.27 bits per heavy atom. The minimum absolute atomic E-state index is 0. The van der Waals surface area contributed by atoms with Crippen molar-refractivity contribution in [2.75, 3.05) is 13.4 Å². The Morgan fingerprint density at radius 3 is 2.27 bits per heavy atom. The molecule has 1 aromatic rings. The number of methoxy groups -OCH3 is 1. The SMILES string of the molecule is COc1ccc(N=O)cc1SC.O.O.O. The summed E-state index contributed by atoms with van der Waals surface area (Å²) < 4.78 is 5.07. The molecule has 6 nitrogen and oxygen atoms in total. The maximum absolute atomic E-state index is 10.2. The number of nitroso groups, excluding NO2 is 1. The summed E-state index contributed by atoms with van der Waals surface area (Å²) in [5.74, 6) is 0.773. The van der Waals surface area contributed by atoms with Gasteiger partial charge in [-0.2, -0.15) is 0 Å². The zero-order valence-corrected chi connectivity index (χ0v) is 9.22. The Balaban J connectivity index is -0.000000480. The Kier molecular flexibility index (Phi) is 12.2. The molecule has 0 fully saturated rings. The van der Waals surface area contributed by atoms with Crippen LogP contribution in [0.25, 0.3) is 0 Å². The third-order valence-corrected chi connectivity index (χ3v) is 2.23. The lowest BCUT2D eigenvalue weighted by Gasteiger charge is -2.04. The van der Waals surface area contributed by atoms with E-state index in [2.05, 4.69) is 5.18 Å². The molecule has 1 aromatic carbocycles. The summed E-state index contributed by atoms with van der Waals surface area (Å²) in [6.07, 6.45) is 1.92. The van der Waals surface area contributed by atoms with Crippen molar-refractivity contribution < 1.29 is 21.2 Å². The van der Waals surface area contributed by atoms with Crippen LogP contribution in [0, 0.1) is 4.91 Å². The normalized spacial score (nSPS) is 7.60. The van der Waals surface area contributed by atoms with Gasteiger partial charge in [-0.05, 0) is 29.6 Å². The van der Waals surface area contributed by atoms with Gasteiger partial charge in [0.15, 0.2) is 0 Å². The minimum Gasteiger partial charge on any atom is -0.496 e. The minimum atomic E-state index is 0. The van der Waals surface area contributed by atoms with Crippen molar-refractivity contribution >= 4 is 17.4 Å². The van der Waals surface area contributed by atoms with Crippen LogP contribution < -0.4 is 4.74 Å². The lowest BCUT2D eigenvalue weighted by atomic mass is 10.3. The summed E-state index contributed by atoms with van der Waals surface area (Å²) >= 11 is 1.53. The second-order valence-electron chi connectivity index (χ2n) is 2.13. The maximum Gasteiger partial charge on any atom is 0.132 e. The molecule has 0 atom stereocenters. The molecule has 1 rings (SSSR count). The van der Waals surface area contributed by atoms with Gasteiger partial charge in [-0.3, -0.25) is 0 Å². The van der Waals surface area contributed by atoms with Crippen LogP contribution in [0.2, 0.25) is 0 Å². The van der Waals surface area contributed by atoms with Crippen molar-refractivity contribution in [2.45, 2.75) is 4.90 Å². The molecule has 0 spiro atoms. The topological polar surface area (TPSA) is 133 Å². The van der Waals surface area contributed by atoms with E-state index in [1.54, 1.807) is 25.3 Å². The molecule has 0 saturated heterocycles. The van der Waals surface area contributed by atoms with Gasteiger partial charge in [-0.25, -0.2) is 0 Å². The van der Waals surface area contributed by atoms with Crippen molar-refractivity contribution in [2.24, 2.45) is 5.18 Å². The molecule has 0 bridgehead atoms. The average Bonchev–Trinajstić information content (AvgIpc) is 2.16. The number of benzene rings is 1. The molecule has 0 saturated carbocycles. The Bertz CT molecular complexity index is 294. The van der Waals surface area contributed by atoms with E-state index in [1.165, 1.54) is 11.8 Å². The standard InChI is InChI=1S/C8H9NO2S.3H2O/c1-11-7-4-3-6(9-10)5-8(7)12-2;;;/h3-5H,1-2H3;3*1H2. The van der Waals surface area contributed by atoms with Crippen LogP contribution in [-0.4, -0.2) is 29.8 Å². The average molecular weight is 237 g/mol. The highest BCUT2D eigenvalue weighted by Gasteiger charge is 2.02. The zero-order chi connectivity index (χ0) is 8.97. The molecule has 15 heavy (non-hydrogen) atoms. The van der Waals surface area contributed by atoms with E-state index in [0.29, 0.717) is 5.69 Å². The van der Waals surface area contributed by atoms with E-state index in [1.807, 2.05) is 6.26 Å². The summed E-state index contributed by atoms with van der Waals surface area (Å²) in [6.45, 7) is 0. The maximum atomic E-state index is 10.2. The lowest BCUT2D eigenvalue weighted by Crippen LogP contribution is -1.84. The van der Waals surface area contributed by atoms with E-state index in [9.17, 15) is 4.91 Å². The molecule has 0 aliphatic carbocycles. The van der Waals surface area contributed by atoms with Crippen LogP contribution in [0.3, 0.4) is 0 Å². The van der Waals surface area contributed by atoms with Crippen LogP contribution in [0.5, 0.6) is 5.75 Å². The Morgan fingerprint density at radius 2 is 1.87 bits per heavy atom. The monoisotopic (exact) mass is 237 g/mol. The van der Waals surface area contributed by atoms with E-state index in [0.717, 1.165) is 10.6 Å². The fourth-order valence-corrected chi connectivity index (χ4v) is 1.47. The van der Waals surface area contributed by atoms with Gasteiger partial charge in [0.2, 0.25) is 0 Å². The van der Waals surface area contributed by atoms with Gasteiger partial charge in [-0.1, -0.05) is 0 Å². The van der Waals surface area contributed by atoms with Gasteiger partial charge in [0.25, 0.3) is 0 Å². The van der Waals surface area contributed by atoms with Crippen LogP contribution in [0.15, 0.2) is 28.3 Å². The number of thioether (sulfide) groups is 1. The van der Waals surface area contributed by atoms with Crippen molar-refractivity contribution in [3.63, 3.8) is 0 Å². The van der Waals surface area contributed by atoms with E-state index < -0.39 is 0 Å². The third-order valence-electron chi connectivity index (χ3n) is 1.47. The molecular formula is C8H15NO5S. The summed E-state index contributed by atoms with van der Waals surface area (Å²) in [7, 11) is 1.60. The molecule has 0 heterocycles. The molecule has 0 radical (unpaired) electrons. The van der Waals surface area contributed by atoms with Crippen LogP contribution in [0.4, 0.5) is 5.69 Å². The molecule has 0 aliphatic heterocycles. The number of nitrogens with zero attached hydrogens (tertiary/aromatic N) is 1. The number of rotatable bonds is 3. The Labute approximate surface area is 91.5 Å². The van der Waals surface area contributed by atoms with Gasteiger partial charge >= 0.3 is 0 Å². The molecule has 7 heteroatoms. The van der Waals surface area contributed by atoms with Gasteiger partial charge in [0, 0.05) is 0 Å². The first-order valence-corrected chi connectivity index (χ1v) is 4.59. The highest BCUT2D eigenvalue weighted by molar-refractivity contribution is 7.98. The quantitative estimate of drug-likeness (QED) is 0.554. The van der Waals surface area contributed by atoms with Gasteiger partial charge in [0.1, 0.15) is 11.4 Å². The van der Waals surface area contributed by atoms with Crippen molar-refractivity contribution in [3.05, 3.63) is 23.1 Å². The number of hydrogen-bond acceptors (Lipinski definition) is 4. The fourth-order valence-electron chi connectivity index (χ4n) is 0.882. The molecule has 0 aliphatic rings. The van der Waals surface area contributed by atoms with E-state index in [-0.39, 0.29) is 16.4 Å². The molecule has 0 amide bonds. The zero-order valence-electron chi connectivity index (χ0n) is 8.40. The van der Waals surface area contributed by atoms with Crippen molar-refractivity contribution in [1.29, 1.82) is 0 Å². The van der Waals surface area contributed by atoms with Gasteiger partial charge in [-0.15, -0.1) is 16.7 Å². The predicted molar refractivity (Wildman–Crippen MR) is 61.1 cm³/mol. The third kappa shape index (κ3) is 4.75. The van der Waals surface area contributed by atoms with E-state index in [4.69, 9.17) is 4.74 Å². The van der Waals surface area contributed by atoms with Gasteiger partial charge in [0.05, 0.1) is 12.0 Å². The van der Waals surface area contributed by atoms with Crippen LogP contribution in [0.1, 0.15) is 0 Å². The fraction of sp³-hybridized carbons (Fsp3) is 0.250. The highest BCUT2D eigenvalue weighted by Crippen LogP contribution is 2.30. The first-order chi connectivity index (χ1) is 5.81. The van der Waals surface area contributed by atoms with E-state index >= 15 is 0 Å². The van der Waals surface area contributed by atoms with Crippen molar-refractivity contribution in [3.8, 4) is 5.75 Å². The molecule has 6 N–H and O–H groups in total. The van der Waals surface area contributed by atoms with Crippen LogP contribution >= 0.6 is 11.8 Å². The first kappa shape index (κ1) is 19.4.